The molecule has 0 aliphatic heterocycles. The maximum absolute atomic E-state index is 5.23. The zero-order valence-corrected chi connectivity index (χ0v) is 13.6. The predicted molar refractivity (Wildman–Crippen MR) is 83.2 cm³/mol. The first-order valence-electron chi connectivity index (χ1n) is 7.53. The lowest BCUT2D eigenvalue weighted by molar-refractivity contribution is 0.111. The van der Waals surface area contributed by atoms with Crippen molar-refractivity contribution in [3.05, 3.63) is 5.01 Å². The van der Waals surface area contributed by atoms with E-state index in [0.717, 1.165) is 48.7 Å². The molecular weight excluding hydrogens is 272 g/mol. The quantitative estimate of drug-likeness (QED) is 0.719. The number of nitrogens with zero attached hydrogens (tertiary/aromatic N) is 3. The zero-order chi connectivity index (χ0) is 14.4. The van der Waals surface area contributed by atoms with E-state index in [-0.39, 0.29) is 0 Å². The summed E-state index contributed by atoms with van der Waals surface area (Å²) in [4.78, 5) is 2.48. The van der Waals surface area contributed by atoms with Gasteiger partial charge in [0.05, 0.1) is 13.2 Å². The first kappa shape index (κ1) is 15.7. The third kappa shape index (κ3) is 4.68. The van der Waals surface area contributed by atoms with E-state index in [4.69, 9.17) is 4.74 Å². The Labute approximate surface area is 125 Å². The van der Waals surface area contributed by atoms with Gasteiger partial charge < -0.3 is 10.1 Å². The van der Waals surface area contributed by atoms with E-state index in [2.05, 4.69) is 34.3 Å². The van der Waals surface area contributed by atoms with Crippen molar-refractivity contribution in [3.8, 4) is 0 Å². The highest BCUT2D eigenvalue weighted by Gasteiger charge is 2.32. The first-order valence-corrected chi connectivity index (χ1v) is 8.35. The Morgan fingerprint density at radius 2 is 2.25 bits per heavy atom. The second-order valence-electron chi connectivity index (χ2n) is 5.47. The van der Waals surface area contributed by atoms with Crippen LogP contribution in [-0.4, -0.2) is 47.9 Å². The number of anilines is 1. The molecule has 0 radical (unpaired) electrons. The van der Waals surface area contributed by atoms with Crippen molar-refractivity contribution in [2.24, 2.45) is 5.92 Å². The van der Waals surface area contributed by atoms with Crippen molar-refractivity contribution in [2.45, 2.75) is 45.7 Å². The summed E-state index contributed by atoms with van der Waals surface area (Å²) in [5.74, 6) is 0.859. The van der Waals surface area contributed by atoms with Crippen molar-refractivity contribution >= 4 is 16.5 Å². The lowest BCUT2D eigenvalue weighted by Crippen LogP contribution is -2.36. The van der Waals surface area contributed by atoms with Gasteiger partial charge in [-0.2, -0.15) is 0 Å². The summed E-state index contributed by atoms with van der Waals surface area (Å²) < 4.78 is 5.23. The minimum Gasteiger partial charge on any atom is -0.383 e. The zero-order valence-electron chi connectivity index (χ0n) is 12.8. The summed E-state index contributed by atoms with van der Waals surface area (Å²) in [6.45, 7) is 8.05. The average molecular weight is 298 g/mol. The SMILES string of the molecule is CCCNc1nnc(CN(CCOC)C(C)C2CC2)s1. The second kappa shape index (κ2) is 7.90. The maximum Gasteiger partial charge on any atom is 0.205 e. The van der Waals surface area contributed by atoms with E-state index in [1.807, 2.05) is 0 Å². The van der Waals surface area contributed by atoms with Crippen LogP contribution in [0.4, 0.5) is 5.13 Å². The van der Waals surface area contributed by atoms with E-state index in [9.17, 15) is 0 Å². The Hall–Kier alpha value is -0.720. The molecule has 1 aliphatic carbocycles. The molecule has 1 aromatic heterocycles. The van der Waals surface area contributed by atoms with Gasteiger partial charge in [0, 0.05) is 26.2 Å². The molecule has 6 heteroatoms. The molecule has 1 aliphatic rings. The van der Waals surface area contributed by atoms with Crippen molar-refractivity contribution < 1.29 is 4.74 Å². The molecule has 0 saturated heterocycles. The fraction of sp³-hybridized carbons (Fsp3) is 0.857. The van der Waals surface area contributed by atoms with Gasteiger partial charge in [-0.3, -0.25) is 4.90 Å². The van der Waals surface area contributed by atoms with Crippen LogP contribution in [0.1, 0.15) is 38.1 Å². The molecule has 1 aromatic rings. The van der Waals surface area contributed by atoms with Gasteiger partial charge in [-0.05, 0) is 32.1 Å². The van der Waals surface area contributed by atoms with Crippen LogP contribution in [0.15, 0.2) is 0 Å². The van der Waals surface area contributed by atoms with Gasteiger partial charge in [-0.25, -0.2) is 0 Å². The van der Waals surface area contributed by atoms with Crippen LogP contribution in [0.25, 0.3) is 0 Å². The molecule has 2 rings (SSSR count). The fourth-order valence-corrected chi connectivity index (χ4v) is 3.10. The van der Waals surface area contributed by atoms with Crippen LogP contribution in [0.5, 0.6) is 0 Å². The number of methoxy groups -OCH3 is 1. The standard InChI is InChI=1S/C14H26N4OS/c1-4-7-15-14-17-16-13(20-14)10-18(8-9-19-3)11(2)12-5-6-12/h11-12H,4-10H2,1-3H3,(H,15,17). The first-order chi connectivity index (χ1) is 9.74. The number of ether oxygens (including phenoxy) is 1. The van der Waals surface area contributed by atoms with Gasteiger partial charge in [0.2, 0.25) is 5.13 Å². The Morgan fingerprint density at radius 1 is 1.45 bits per heavy atom. The van der Waals surface area contributed by atoms with Crippen LogP contribution in [0.2, 0.25) is 0 Å². The van der Waals surface area contributed by atoms with Gasteiger partial charge in [-0.1, -0.05) is 18.3 Å². The second-order valence-corrected chi connectivity index (χ2v) is 6.53. The lowest BCUT2D eigenvalue weighted by Gasteiger charge is -2.27. The van der Waals surface area contributed by atoms with Crippen molar-refractivity contribution in [3.63, 3.8) is 0 Å². The number of nitrogens with one attached hydrogen (secondary N) is 1. The van der Waals surface area contributed by atoms with Gasteiger partial charge >= 0.3 is 0 Å². The largest absolute Gasteiger partial charge is 0.383 e. The minimum atomic E-state index is 0.612. The number of hydrogen-bond donors (Lipinski definition) is 1. The van der Waals surface area contributed by atoms with E-state index >= 15 is 0 Å². The number of rotatable bonds is 10. The number of hydrogen-bond acceptors (Lipinski definition) is 6. The Balaban J connectivity index is 1.90. The van der Waals surface area contributed by atoms with Gasteiger partial charge in [0.1, 0.15) is 5.01 Å². The number of aromatic nitrogens is 2. The summed E-state index contributed by atoms with van der Waals surface area (Å²) in [5.41, 5.74) is 0. The molecule has 0 aromatic carbocycles. The van der Waals surface area contributed by atoms with Crippen LogP contribution in [0, 0.1) is 5.92 Å². The van der Waals surface area contributed by atoms with Crippen LogP contribution < -0.4 is 5.32 Å². The average Bonchev–Trinajstić information content (AvgIpc) is 3.21. The summed E-state index contributed by atoms with van der Waals surface area (Å²) in [6, 6.07) is 0.612. The van der Waals surface area contributed by atoms with Crippen LogP contribution in [0.3, 0.4) is 0 Å². The normalized spacial score (nSPS) is 16.6. The monoisotopic (exact) mass is 298 g/mol. The molecule has 1 atom stereocenters. The smallest absolute Gasteiger partial charge is 0.205 e. The van der Waals surface area contributed by atoms with Gasteiger partial charge in [0.25, 0.3) is 0 Å². The molecule has 114 valence electrons. The molecular formula is C14H26N4OS. The highest BCUT2D eigenvalue weighted by atomic mass is 32.1. The molecule has 1 N–H and O–H groups in total. The van der Waals surface area contributed by atoms with Crippen molar-refractivity contribution in [2.75, 3.05) is 32.1 Å². The molecule has 0 amide bonds. The molecule has 1 fully saturated rings. The van der Waals surface area contributed by atoms with Crippen LogP contribution in [-0.2, 0) is 11.3 Å². The van der Waals surface area contributed by atoms with Crippen molar-refractivity contribution in [1.82, 2.24) is 15.1 Å². The highest BCUT2D eigenvalue weighted by molar-refractivity contribution is 7.15. The third-order valence-corrected chi connectivity index (χ3v) is 4.66. The summed E-state index contributed by atoms with van der Waals surface area (Å²) >= 11 is 1.67. The van der Waals surface area contributed by atoms with E-state index < -0.39 is 0 Å². The fourth-order valence-electron chi connectivity index (χ4n) is 2.31. The van der Waals surface area contributed by atoms with E-state index in [0.29, 0.717) is 6.04 Å². The topological polar surface area (TPSA) is 50.3 Å². The summed E-state index contributed by atoms with van der Waals surface area (Å²) in [5, 5.41) is 13.8. The predicted octanol–water partition coefficient (Wildman–Crippen LogP) is 2.61. The molecule has 0 bridgehead atoms. The Kier molecular flexibility index (Phi) is 6.19. The lowest BCUT2D eigenvalue weighted by atomic mass is 10.2. The summed E-state index contributed by atoms with van der Waals surface area (Å²) in [6.07, 6.45) is 3.84. The van der Waals surface area contributed by atoms with E-state index in [1.165, 1.54) is 12.8 Å². The van der Waals surface area contributed by atoms with Gasteiger partial charge in [0.15, 0.2) is 0 Å². The summed E-state index contributed by atoms with van der Waals surface area (Å²) in [7, 11) is 1.76. The minimum absolute atomic E-state index is 0.612. The van der Waals surface area contributed by atoms with Crippen molar-refractivity contribution in [1.29, 1.82) is 0 Å². The molecule has 20 heavy (non-hydrogen) atoms. The molecule has 1 heterocycles. The highest BCUT2D eigenvalue weighted by Crippen LogP contribution is 2.35. The van der Waals surface area contributed by atoms with E-state index in [1.54, 1.807) is 18.4 Å². The molecule has 0 spiro atoms. The molecule has 1 saturated carbocycles. The van der Waals surface area contributed by atoms with Crippen LogP contribution >= 0.6 is 11.3 Å². The Bertz CT molecular complexity index is 394. The molecule has 1 unspecified atom stereocenters. The third-order valence-electron chi connectivity index (χ3n) is 3.79. The molecule has 5 nitrogen and oxygen atoms in total. The Morgan fingerprint density at radius 3 is 2.90 bits per heavy atom. The maximum atomic E-state index is 5.23. The van der Waals surface area contributed by atoms with Gasteiger partial charge in [-0.15, -0.1) is 10.2 Å².